The number of hydrogen-bond donors (Lipinski definition) is 2. The van der Waals surface area contributed by atoms with Gasteiger partial charge < -0.3 is 25.0 Å². The quantitative estimate of drug-likeness (QED) is 0.745. The minimum Gasteiger partial charge on any atom is -0.444 e. The Morgan fingerprint density at radius 3 is 2.52 bits per heavy atom. The van der Waals surface area contributed by atoms with Gasteiger partial charge in [-0.15, -0.1) is 0 Å². The Morgan fingerprint density at radius 1 is 1.09 bits per heavy atom. The van der Waals surface area contributed by atoms with Crippen LogP contribution >= 0.6 is 0 Å². The topological polar surface area (TPSA) is 82.1 Å². The van der Waals surface area contributed by atoms with Crippen molar-refractivity contribution in [2.75, 3.05) is 26.2 Å². The van der Waals surface area contributed by atoms with Crippen LogP contribution < -0.4 is 5.32 Å². The van der Waals surface area contributed by atoms with Crippen molar-refractivity contribution >= 4 is 12.1 Å². The summed E-state index contributed by atoms with van der Waals surface area (Å²) in [6.45, 7) is 6.63. The molecule has 7 heteroatoms. The van der Waals surface area contributed by atoms with Gasteiger partial charge in [0.25, 0.3) is 0 Å². The summed E-state index contributed by atoms with van der Waals surface area (Å²) < 4.78 is 5.41. The number of benzene rings is 2. The third kappa shape index (κ3) is 5.30. The molecule has 1 unspecified atom stereocenters. The van der Waals surface area contributed by atoms with Crippen LogP contribution in [0.1, 0.15) is 49.9 Å². The molecule has 176 valence electrons. The first-order chi connectivity index (χ1) is 15.7. The molecule has 2 aromatic rings. The smallest absolute Gasteiger partial charge is 0.410 e. The molecule has 2 heterocycles. The van der Waals surface area contributed by atoms with E-state index in [9.17, 15) is 14.7 Å². The first kappa shape index (κ1) is 23.1. The molecule has 1 fully saturated rings. The maximum Gasteiger partial charge on any atom is 0.410 e. The normalized spacial score (nSPS) is 22.6. The van der Waals surface area contributed by atoms with E-state index in [1.807, 2.05) is 68.1 Å². The van der Waals surface area contributed by atoms with Crippen molar-refractivity contribution in [3.63, 3.8) is 0 Å². The van der Waals surface area contributed by atoms with Crippen LogP contribution in [0.2, 0.25) is 0 Å². The summed E-state index contributed by atoms with van der Waals surface area (Å²) in [7, 11) is 0. The number of urea groups is 1. The molecule has 0 aliphatic carbocycles. The molecule has 3 amide bonds. The van der Waals surface area contributed by atoms with E-state index >= 15 is 0 Å². The van der Waals surface area contributed by atoms with Gasteiger partial charge in [-0.05, 0) is 50.3 Å². The van der Waals surface area contributed by atoms with Gasteiger partial charge in [-0.25, -0.2) is 9.59 Å². The van der Waals surface area contributed by atoms with E-state index in [0.717, 1.165) is 17.5 Å². The fourth-order valence-electron chi connectivity index (χ4n) is 4.60. The second-order valence-corrected chi connectivity index (χ2v) is 9.99. The molecule has 2 N–H and O–H groups in total. The van der Waals surface area contributed by atoms with Crippen molar-refractivity contribution in [1.29, 1.82) is 0 Å². The number of amides is 3. The van der Waals surface area contributed by atoms with Crippen molar-refractivity contribution < 1.29 is 19.4 Å². The van der Waals surface area contributed by atoms with E-state index in [0.29, 0.717) is 19.5 Å². The number of nitrogens with one attached hydrogen (secondary N) is 1. The zero-order chi connectivity index (χ0) is 23.6. The van der Waals surface area contributed by atoms with Crippen LogP contribution in [0.4, 0.5) is 9.59 Å². The van der Waals surface area contributed by atoms with Crippen molar-refractivity contribution in [3.8, 4) is 0 Å². The zero-order valence-electron chi connectivity index (χ0n) is 19.6. The summed E-state index contributed by atoms with van der Waals surface area (Å²) >= 11 is 0. The predicted octanol–water partition coefficient (Wildman–Crippen LogP) is 3.72. The van der Waals surface area contributed by atoms with Crippen LogP contribution in [0, 0.1) is 0 Å². The van der Waals surface area contributed by atoms with Gasteiger partial charge in [-0.3, -0.25) is 0 Å². The van der Waals surface area contributed by atoms with E-state index < -0.39 is 17.3 Å². The lowest BCUT2D eigenvalue weighted by Gasteiger charge is -2.38. The Hall–Kier alpha value is -3.06. The highest BCUT2D eigenvalue weighted by atomic mass is 16.6. The number of ether oxygens (including phenoxy) is 1. The van der Waals surface area contributed by atoms with Gasteiger partial charge in [0.1, 0.15) is 11.2 Å². The number of nitrogens with zero attached hydrogens (tertiary/aromatic N) is 2. The summed E-state index contributed by atoms with van der Waals surface area (Å²) in [5.41, 5.74) is 1.65. The van der Waals surface area contributed by atoms with Crippen LogP contribution in [0.5, 0.6) is 0 Å². The molecular weight excluding hydrogens is 418 g/mol. The van der Waals surface area contributed by atoms with Gasteiger partial charge in [0.2, 0.25) is 0 Å². The third-order valence-corrected chi connectivity index (χ3v) is 6.21. The molecule has 4 rings (SSSR count). The monoisotopic (exact) mass is 451 g/mol. The van der Waals surface area contributed by atoms with Crippen molar-refractivity contribution in [2.45, 2.75) is 50.9 Å². The molecule has 7 nitrogen and oxygen atoms in total. The average Bonchev–Trinajstić information content (AvgIpc) is 3.19. The second kappa shape index (κ2) is 9.06. The fourth-order valence-corrected chi connectivity index (χ4v) is 4.60. The molecule has 0 bridgehead atoms. The van der Waals surface area contributed by atoms with E-state index in [1.165, 1.54) is 10.5 Å². The van der Waals surface area contributed by atoms with E-state index in [1.54, 1.807) is 0 Å². The molecule has 0 radical (unpaired) electrons. The molecular formula is C26H33N3O4. The van der Waals surface area contributed by atoms with Crippen LogP contribution in [0.3, 0.4) is 0 Å². The molecule has 0 spiro atoms. The number of hydrogen-bond acceptors (Lipinski definition) is 4. The molecule has 2 aliphatic heterocycles. The van der Waals surface area contributed by atoms with Crippen LogP contribution in [-0.2, 0) is 11.2 Å². The number of β-amino-alcohol motifs (C(OH)–C–C–N with tert-alkyl or cyclic N) is 1. The predicted molar refractivity (Wildman–Crippen MR) is 126 cm³/mol. The standard InChI is InChI=1S/C26H33N3O4/c1-25(2,3)33-24(31)28-16-14-26(32,18-28)17-27-23(30)29-15-13-19-9-7-8-12-21(19)22(29)20-10-5-4-6-11-20/h4-12,22,32H,13-18H2,1-3H3,(H,27,30)/t22-,26?/m0/s1. The number of fused-ring (bicyclic) bond motifs is 1. The van der Waals surface area contributed by atoms with Gasteiger partial charge in [0.05, 0.1) is 12.6 Å². The maximum absolute atomic E-state index is 13.3. The first-order valence-electron chi connectivity index (χ1n) is 11.5. The van der Waals surface area contributed by atoms with E-state index in [-0.39, 0.29) is 25.2 Å². The summed E-state index contributed by atoms with van der Waals surface area (Å²) in [6, 6.07) is 17.8. The van der Waals surface area contributed by atoms with Crippen molar-refractivity contribution in [1.82, 2.24) is 15.1 Å². The Labute approximate surface area is 195 Å². The van der Waals surface area contributed by atoms with Crippen molar-refractivity contribution in [3.05, 3.63) is 71.3 Å². The maximum atomic E-state index is 13.3. The minimum atomic E-state index is -1.18. The largest absolute Gasteiger partial charge is 0.444 e. The molecule has 33 heavy (non-hydrogen) atoms. The SMILES string of the molecule is CC(C)(C)OC(=O)N1CCC(O)(CNC(=O)N2CCc3ccccc3[C@@H]2c2ccccc2)C1. The van der Waals surface area contributed by atoms with E-state index in [2.05, 4.69) is 17.4 Å². The van der Waals surface area contributed by atoms with Crippen molar-refractivity contribution in [2.24, 2.45) is 0 Å². The lowest BCUT2D eigenvalue weighted by molar-refractivity contribution is 0.0157. The highest BCUT2D eigenvalue weighted by molar-refractivity contribution is 5.76. The molecule has 1 saturated heterocycles. The highest BCUT2D eigenvalue weighted by Crippen LogP contribution is 2.35. The Balaban J connectivity index is 1.44. The summed E-state index contributed by atoms with van der Waals surface area (Å²) in [4.78, 5) is 29.0. The lowest BCUT2D eigenvalue weighted by Crippen LogP contribution is -2.51. The Morgan fingerprint density at radius 2 is 1.79 bits per heavy atom. The minimum absolute atomic E-state index is 0.0742. The zero-order valence-corrected chi connectivity index (χ0v) is 19.6. The summed E-state index contributed by atoms with van der Waals surface area (Å²) in [6.07, 6.45) is 0.725. The molecule has 2 aliphatic rings. The number of rotatable bonds is 3. The second-order valence-electron chi connectivity index (χ2n) is 9.99. The van der Waals surface area contributed by atoms with Gasteiger partial charge in [-0.1, -0.05) is 54.6 Å². The number of aliphatic hydroxyl groups is 1. The molecule has 0 aromatic heterocycles. The van der Waals surface area contributed by atoms with Gasteiger partial charge in [0, 0.05) is 19.6 Å². The third-order valence-electron chi connectivity index (χ3n) is 6.21. The molecule has 2 atom stereocenters. The van der Waals surface area contributed by atoms with E-state index in [4.69, 9.17) is 4.74 Å². The number of likely N-dealkylation sites (tertiary alicyclic amines) is 1. The fraction of sp³-hybridized carbons (Fsp3) is 0.462. The number of carbonyl (C=O) groups excluding carboxylic acids is 2. The van der Waals surface area contributed by atoms with Gasteiger partial charge >= 0.3 is 12.1 Å². The highest BCUT2D eigenvalue weighted by Gasteiger charge is 2.41. The lowest BCUT2D eigenvalue weighted by atomic mass is 9.88. The van der Waals surface area contributed by atoms with Crippen LogP contribution in [0.15, 0.2) is 54.6 Å². The summed E-state index contributed by atoms with van der Waals surface area (Å²) in [5.74, 6) is 0. The number of carbonyl (C=O) groups is 2. The Kier molecular flexibility index (Phi) is 6.34. The Bertz CT molecular complexity index is 1000. The summed E-state index contributed by atoms with van der Waals surface area (Å²) in [5, 5.41) is 13.9. The molecule has 0 saturated carbocycles. The van der Waals surface area contributed by atoms with Crippen LogP contribution in [0.25, 0.3) is 0 Å². The van der Waals surface area contributed by atoms with Crippen LogP contribution in [-0.4, -0.2) is 64.4 Å². The average molecular weight is 452 g/mol. The van der Waals surface area contributed by atoms with Gasteiger partial charge in [0.15, 0.2) is 0 Å². The van der Waals surface area contributed by atoms with Gasteiger partial charge in [-0.2, -0.15) is 0 Å². The first-order valence-corrected chi connectivity index (χ1v) is 11.5. The molecule has 2 aromatic carbocycles.